The highest BCUT2D eigenvalue weighted by Crippen LogP contribution is 2.23. The largest absolute Gasteiger partial charge is 0.352 e. The first-order valence-corrected chi connectivity index (χ1v) is 7.36. The van der Waals surface area contributed by atoms with E-state index >= 15 is 0 Å². The molecule has 0 fully saturated rings. The molecule has 0 aliphatic heterocycles. The van der Waals surface area contributed by atoms with Gasteiger partial charge in [-0.2, -0.15) is 0 Å². The van der Waals surface area contributed by atoms with Crippen molar-refractivity contribution in [2.24, 2.45) is 0 Å². The van der Waals surface area contributed by atoms with Gasteiger partial charge in [-0.25, -0.2) is 4.68 Å². The van der Waals surface area contributed by atoms with Crippen molar-refractivity contribution in [3.8, 4) is 0 Å². The Labute approximate surface area is 124 Å². The van der Waals surface area contributed by atoms with Gasteiger partial charge in [0.1, 0.15) is 5.52 Å². The zero-order valence-corrected chi connectivity index (χ0v) is 12.1. The molecular formula is C17H19N3O. The summed E-state index contributed by atoms with van der Waals surface area (Å²) in [5, 5.41) is 8.52. The summed E-state index contributed by atoms with van der Waals surface area (Å²) in [5.74, 6) is 0. The van der Waals surface area contributed by atoms with E-state index in [2.05, 4.69) is 29.4 Å². The van der Waals surface area contributed by atoms with Crippen LogP contribution in [0.1, 0.15) is 31.6 Å². The summed E-state index contributed by atoms with van der Waals surface area (Å²) in [6.45, 7) is 2.87. The van der Waals surface area contributed by atoms with Gasteiger partial charge in [0.15, 0.2) is 6.23 Å². The standard InChI is InChI=1S/C17H19N3O/c1-2-3-13-21-17(14-9-5-4-6-10-14)20-16-12-8-7-11-15(16)18-19-20/h4-12,17H,2-3,13H2,1H3. The summed E-state index contributed by atoms with van der Waals surface area (Å²) < 4.78 is 7.94. The first-order chi connectivity index (χ1) is 10.4. The Hall–Kier alpha value is -2.20. The van der Waals surface area contributed by atoms with E-state index in [1.54, 1.807) is 0 Å². The second-order valence-electron chi connectivity index (χ2n) is 5.01. The van der Waals surface area contributed by atoms with E-state index in [-0.39, 0.29) is 6.23 Å². The molecule has 0 bridgehead atoms. The Balaban J connectivity index is 1.98. The van der Waals surface area contributed by atoms with Crippen LogP contribution in [0, 0.1) is 0 Å². The Morgan fingerprint density at radius 3 is 2.62 bits per heavy atom. The van der Waals surface area contributed by atoms with Gasteiger partial charge in [-0.05, 0) is 18.6 Å². The van der Waals surface area contributed by atoms with Crippen molar-refractivity contribution < 1.29 is 4.74 Å². The molecule has 0 aliphatic carbocycles. The SMILES string of the molecule is CCCCOC(c1ccccc1)n1nnc2ccccc21. The number of hydrogen-bond acceptors (Lipinski definition) is 3. The van der Waals surface area contributed by atoms with Crippen molar-refractivity contribution in [1.82, 2.24) is 15.0 Å². The number of unbranched alkanes of at least 4 members (excludes halogenated alkanes) is 1. The maximum atomic E-state index is 6.08. The lowest BCUT2D eigenvalue weighted by Gasteiger charge is -2.19. The third-order valence-electron chi connectivity index (χ3n) is 3.46. The average molecular weight is 281 g/mol. The van der Waals surface area contributed by atoms with Gasteiger partial charge in [0.25, 0.3) is 0 Å². The number of rotatable bonds is 6. The van der Waals surface area contributed by atoms with Crippen LogP contribution in [-0.4, -0.2) is 21.6 Å². The van der Waals surface area contributed by atoms with E-state index in [4.69, 9.17) is 4.74 Å². The topological polar surface area (TPSA) is 39.9 Å². The number of para-hydroxylation sites is 1. The van der Waals surface area contributed by atoms with Crippen LogP contribution in [0.2, 0.25) is 0 Å². The highest BCUT2D eigenvalue weighted by atomic mass is 16.5. The predicted octanol–water partition coefficient (Wildman–Crippen LogP) is 3.79. The van der Waals surface area contributed by atoms with Crippen LogP contribution in [0.4, 0.5) is 0 Å². The fraction of sp³-hybridized carbons (Fsp3) is 0.294. The maximum Gasteiger partial charge on any atom is 0.178 e. The van der Waals surface area contributed by atoms with Gasteiger partial charge in [0.05, 0.1) is 5.52 Å². The molecule has 3 rings (SSSR count). The van der Waals surface area contributed by atoms with E-state index in [0.29, 0.717) is 6.61 Å². The molecule has 108 valence electrons. The number of nitrogens with zero attached hydrogens (tertiary/aromatic N) is 3. The van der Waals surface area contributed by atoms with Crippen LogP contribution in [0.15, 0.2) is 54.6 Å². The monoisotopic (exact) mass is 281 g/mol. The minimum absolute atomic E-state index is 0.231. The van der Waals surface area contributed by atoms with E-state index < -0.39 is 0 Å². The highest BCUT2D eigenvalue weighted by Gasteiger charge is 2.17. The number of fused-ring (bicyclic) bond motifs is 1. The average Bonchev–Trinajstić information content (AvgIpc) is 2.96. The second-order valence-corrected chi connectivity index (χ2v) is 5.01. The Morgan fingerprint density at radius 1 is 1.05 bits per heavy atom. The number of hydrogen-bond donors (Lipinski definition) is 0. The highest BCUT2D eigenvalue weighted by molar-refractivity contribution is 5.74. The molecule has 2 aromatic carbocycles. The van der Waals surface area contributed by atoms with E-state index in [0.717, 1.165) is 29.4 Å². The maximum absolute atomic E-state index is 6.08. The van der Waals surface area contributed by atoms with E-state index in [1.807, 2.05) is 47.1 Å². The Kier molecular flexibility index (Phi) is 4.26. The molecule has 3 aromatic rings. The van der Waals surface area contributed by atoms with Gasteiger partial charge in [-0.1, -0.05) is 61.0 Å². The van der Waals surface area contributed by atoms with Crippen LogP contribution < -0.4 is 0 Å². The quantitative estimate of drug-likeness (QED) is 0.645. The third-order valence-corrected chi connectivity index (χ3v) is 3.46. The molecule has 0 saturated heterocycles. The molecule has 4 nitrogen and oxygen atoms in total. The smallest absolute Gasteiger partial charge is 0.178 e. The minimum Gasteiger partial charge on any atom is -0.352 e. The lowest BCUT2D eigenvalue weighted by molar-refractivity contribution is 0.0238. The first-order valence-electron chi connectivity index (χ1n) is 7.36. The molecule has 0 aliphatic rings. The lowest BCUT2D eigenvalue weighted by Crippen LogP contribution is -2.16. The first kappa shape index (κ1) is 13.8. The summed E-state index contributed by atoms with van der Waals surface area (Å²) in [5.41, 5.74) is 2.96. The summed E-state index contributed by atoms with van der Waals surface area (Å²) in [6.07, 6.45) is 1.92. The predicted molar refractivity (Wildman–Crippen MR) is 83.0 cm³/mol. The van der Waals surface area contributed by atoms with Gasteiger partial charge >= 0.3 is 0 Å². The Bertz CT molecular complexity index is 693. The van der Waals surface area contributed by atoms with Crippen LogP contribution in [0.3, 0.4) is 0 Å². The molecule has 0 spiro atoms. The molecule has 0 amide bonds. The molecule has 4 heteroatoms. The van der Waals surface area contributed by atoms with Crippen molar-refractivity contribution in [3.63, 3.8) is 0 Å². The van der Waals surface area contributed by atoms with Gasteiger partial charge < -0.3 is 4.74 Å². The fourth-order valence-corrected chi connectivity index (χ4v) is 2.33. The van der Waals surface area contributed by atoms with Crippen LogP contribution >= 0.6 is 0 Å². The minimum atomic E-state index is -0.231. The number of benzene rings is 2. The zero-order valence-electron chi connectivity index (χ0n) is 12.1. The molecular weight excluding hydrogens is 262 g/mol. The van der Waals surface area contributed by atoms with Gasteiger partial charge in [-0.15, -0.1) is 5.10 Å². The van der Waals surface area contributed by atoms with Gasteiger partial charge in [0, 0.05) is 12.2 Å². The molecule has 0 saturated carbocycles. The van der Waals surface area contributed by atoms with Crippen molar-refractivity contribution in [2.45, 2.75) is 26.0 Å². The molecule has 21 heavy (non-hydrogen) atoms. The van der Waals surface area contributed by atoms with Crippen LogP contribution in [0.5, 0.6) is 0 Å². The molecule has 1 heterocycles. The second kappa shape index (κ2) is 6.50. The van der Waals surface area contributed by atoms with Crippen molar-refractivity contribution in [3.05, 3.63) is 60.2 Å². The molecule has 0 radical (unpaired) electrons. The van der Waals surface area contributed by atoms with Crippen LogP contribution in [-0.2, 0) is 4.74 Å². The molecule has 0 N–H and O–H groups in total. The zero-order chi connectivity index (χ0) is 14.5. The van der Waals surface area contributed by atoms with Gasteiger partial charge in [0.2, 0.25) is 0 Å². The summed E-state index contributed by atoms with van der Waals surface area (Å²) in [7, 11) is 0. The normalized spacial score (nSPS) is 12.6. The van der Waals surface area contributed by atoms with Crippen molar-refractivity contribution in [1.29, 1.82) is 0 Å². The van der Waals surface area contributed by atoms with E-state index in [1.165, 1.54) is 0 Å². The number of aromatic nitrogens is 3. The molecule has 1 unspecified atom stereocenters. The van der Waals surface area contributed by atoms with E-state index in [9.17, 15) is 0 Å². The summed E-state index contributed by atoms with van der Waals surface area (Å²) in [4.78, 5) is 0. The molecule has 1 atom stereocenters. The summed E-state index contributed by atoms with van der Waals surface area (Å²) >= 11 is 0. The summed E-state index contributed by atoms with van der Waals surface area (Å²) in [6, 6.07) is 18.1. The van der Waals surface area contributed by atoms with Gasteiger partial charge in [-0.3, -0.25) is 0 Å². The lowest BCUT2D eigenvalue weighted by atomic mass is 10.2. The number of ether oxygens (including phenoxy) is 1. The molecule has 1 aromatic heterocycles. The fourth-order valence-electron chi connectivity index (χ4n) is 2.33. The van der Waals surface area contributed by atoms with Crippen molar-refractivity contribution >= 4 is 11.0 Å². The Morgan fingerprint density at radius 2 is 1.81 bits per heavy atom. The van der Waals surface area contributed by atoms with Crippen molar-refractivity contribution in [2.75, 3.05) is 6.61 Å². The third kappa shape index (κ3) is 2.95. The van der Waals surface area contributed by atoms with Crippen LogP contribution in [0.25, 0.3) is 11.0 Å².